The third-order valence-corrected chi connectivity index (χ3v) is 1.84. The summed E-state index contributed by atoms with van der Waals surface area (Å²) in [4.78, 5) is 10.9. The molecular weight excluding hydrogens is 183 g/mol. The minimum Gasteiger partial charge on any atom is -0.268 e. The molecule has 3 nitrogen and oxygen atoms in total. The summed E-state index contributed by atoms with van der Waals surface area (Å²) < 4.78 is 12.6. The molecule has 0 amide bonds. The van der Waals surface area contributed by atoms with Crippen molar-refractivity contribution in [3.8, 4) is 11.1 Å². The van der Waals surface area contributed by atoms with E-state index in [9.17, 15) is 9.18 Å². The van der Waals surface area contributed by atoms with Gasteiger partial charge in [0.05, 0.1) is 6.20 Å². The average molecular weight is 190 g/mol. The van der Waals surface area contributed by atoms with Gasteiger partial charge >= 0.3 is 0 Å². The Morgan fingerprint density at radius 1 is 1.14 bits per heavy atom. The highest BCUT2D eigenvalue weighted by molar-refractivity contribution is 5.61. The van der Waals surface area contributed by atoms with Crippen molar-refractivity contribution in [2.75, 3.05) is 0 Å². The molecule has 2 rings (SSSR count). The van der Waals surface area contributed by atoms with Gasteiger partial charge in [0.25, 0.3) is 5.56 Å². The first-order valence-corrected chi connectivity index (χ1v) is 4.06. The van der Waals surface area contributed by atoms with Crippen LogP contribution in [0.1, 0.15) is 0 Å². The van der Waals surface area contributed by atoms with Crippen LogP contribution in [0.25, 0.3) is 11.1 Å². The lowest BCUT2D eigenvalue weighted by molar-refractivity contribution is 0.628. The highest BCUT2D eigenvalue weighted by atomic mass is 19.1. The quantitative estimate of drug-likeness (QED) is 0.741. The van der Waals surface area contributed by atoms with Crippen LogP contribution in [-0.4, -0.2) is 10.2 Å². The number of rotatable bonds is 1. The smallest absolute Gasteiger partial charge is 0.264 e. The van der Waals surface area contributed by atoms with Crippen LogP contribution in [0, 0.1) is 5.82 Å². The van der Waals surface area contributed by atoms with E-state index in [1.165, 1.54) is 24.4 Å². The zero-order chi connectivity index (χ0) is 9.97. The molecule has 0 aliphatic carbocycles. The number of nitrogens with zero attached hydrogens (tertiary/aromatic N) is 1. The monoisotopic (exact) mass is 190 g/mol. The molecule has 0 aliphatic rings. The van der Waals surface area contributed by atoms with Crippen LogP contribution in [0.15, 0.2) is 41.3 Å². The van der Waals surface area contributed by atoms with Gasteiger partial charge in [-0.05, 0) is 17.7 Å². The van der Waals surface area contributed by atoms with Crippen molar-refractivity contribution < 1.29 is 4.39 Å². The summed E-state index contributed by atoms with van der Waals surface area (Å²) in [5.74, 6) is -0.299. The molecule has 2 aromatic rings. The van der Waals surface area contributed by atoms with Gasteiger partial charge in [-0.3, -0.25) is 4.79 Å². The Morgan fingerprint density at radius 3 is 2.50 bits per heavy atom. The first-order valence-electron chi connectivity index (χ1n) is 4.06. The van der Waals surface area contributed by atoms with Crippen molar-refractivity contribution in [3.05, 3.63) is 52.7 Å². The van der Waals surface area contributed by atoms with Crippen molar-refractivity contribution in [1.29, 1.82) is 0 Å². The molecule has 70 valence electrons. The van der Waals surface area contributed by atoms with Gasteiger partial charge in [0, 0.05) is 11.6 Å². The third kappa shape index (κ3) is 1.69. The highest BCUT2D eigenvalue weighted by Crippen LogP contribution is 2.16. The topological polar surface area (TPSA) is 45.8 Å². The minimum absolute atomic E-state index is 0.271. The molecule has 0 unspecified atom stereocenters. The maximum Gasteiger partial charge on any atom is 0.264 e. The number of H-pyrrole nitrogens is 1. The number of nitrogens with one attached hydrogen (secondary N) is 1. The number of halogens is 1. The molecule has 0 atom stereocenters. The lowest BCUT2D eigenvalue weighted by Crippen LogP contribution is -2.05. The lowest BCUT2D eigenvalue weighted by Gasteiger charge is -1.98. The van der Waals surface area contributed by atoms with Crippen LogP contribution in [0.5, 0.6) is 0 Å². The molecule has 0 bridgehead atoms. The van der Waals surface area contributed by atoms with Gasteiger partial charge in [-0.25, -0.2) is 9.49 Å². The van der Waals surface area contributed by atoms with Crippen LogP contribution in [0.4, 0.5) is 4.39 Å². The first-order chi connectivity index (χ1) is 6.75. The summed E-state index contributed by atoms with van der Waals surface area (Å²) in [6.07, 6.45) is 1.52. The summed E-state index contributed by atoms with van der Waals surface area (Å²) in [5.41, 5.74) is 1.17. The lowest BCUT2D eigenvalue weighted by atomic mass is 10.1. The largest absolute Gasteiger partial charge is 0.268 e. The Labute approximate surface area is 79.2 Å². The molecule has 0 saturated heterocycles. The summed E-state index contributed by atoms with van der Waals surface area (Å²) >= 11 is 0. The van der Waals surface area contributed by atoms with Crippen molar-refractivity contribution in [2.45, 2.75) is 0 Å². The molecule has 1 aromatic heterocycles. The molecular formula is C10H7FN2O. The molecule has 0 fully saturated rings. The molecule has 14 heavy (non-hydrogen) atoms. The second-order valence-corrected chi connectivity index (χ2v) is 2.84. The van der Waals surface area contributed by atoms with Gasteiger partial charge in [-0.1, -0.05) is 12.1 Å². The van der Waals surface area contributed by atoms with Gasteiger partial charge < -0.3 is 0 Å². The summed E-state index contributed by atoms with van der Waals surface area (Å²) in [7, 11) is 0. The number of benzene rings is 1. The molecule has 0 radical (unpaired) electrons. The summed E-state index contributed by atoms with van der Waals surface area (Å²) in [5, 5.41) is 5.92. The van der Waals surface area contributed by atoms with Gasteiger partial charge in [-0.15, -0.1) is 0 Å². The van der Waals surface area contributed by atoms with Crippen LogP contribution < -0.4 is 5.56 Å². The standard InChI is InChI=1S/C10H7FN2O/c11-9-3-1-7(2-4-9)8-5-10(14)13-12-6-8/h1-6H,(H,13,14). The Hall–Kier alpha value is -1.97. The fourth-order valence-electron chi connectivity index (χ4n) is 1.18. The second-order valence-electron chi connectivity index (χ2n) is 2.84. The van der Waals surface area contributed by atoms with E-state index in [2.05, 4.69) is 10.2 Å². The fraction of sp³-hybridized carbons (Fsp3) is 0. The van der Waals surface area contributed by atoms with Gasteiger partial charge in [0.15, 0.2) is 0 Å². The number of aromatic nitrogens is 2. The first kappa shape index (κ1) is 8.62. The predicted molar refractivity (Wildman–Crippen MR) is 50.3 cm³/mol. The van der Waals surface area contributed by atoms with E-state index in [1.807, 2.05) is 0 Å². The van der Waals surface area contributed by atoms with E-state index in [1.54, 1.807) is 12.1 Å². The van der Waals surface area contributed by atoms with Crippen LogP contribution >= 0.6 is 0 Å². The molecule has 4 heteroatoms. The minimum atomic E-state index is -0.299. The highest BCUT2D eigenvalue weighted by Gasteiger charge is 1.98. The van der Waals surface area contributed by atoms with Crippen molar-refractivity contribution in [1.82, 2.24) is 10.2 Å². The van der Waals surface area contributed by atoms with Crippen LogP contribution in [0.3, 0.4) is 0 Å². The molecule has 1 aromatic carbocycles. The zero-order valence-corrected chi connectivity index (χ0v) is 7.20. The Bertz CT molecular complexity index is 490. The van der Waals surface area contributed by atoms with E-state index in [0.29, 0.717) is 5.56 Å². The fourth-order valence-corrected chi connectivity index (χ4v) is 1.18. The molecule has 0 saturated carbocycles. The summed E-state index contributed by atoms with van der Waals surface area (Å²) in [6.45, 7) is 0. The van der Waals surface area contributed by atoms with Crippen molar-refractivity contribution in [3.63, 3.8) is 0 Å². The van der Waals surface area contributed by atoms with Crippen LogP contribution in [0.2, 0.25) is 0 Å². The Morgan fingerprint density at radius 2 is 1.86 bits per heavy atom. The van der Waals surface area contributed by atoms with Crippen molar-refractivity contribution >= 4 is 0 Å². The predicted octanol–water partition coefficient (Wildman–Crippen LogP) is 1.58. The van der Waals surface area contributed by atoms with Gasteiger partial charge in [0.1, 0.15) is 5.82 Å². The number of aromatic amines is 1. The number of hydrogen-bond donors (Lipinski definition) is 1. The van der Waals surface area contributed by atoms with E-state index in [-0.39, 0.29) is 11.4 Å². The molecule has 0 spiro atoms. The maximum atomic E-state index is 12.6. The van der Waals surface area contributed by atoms with Gasteiger partial charge in [-0.2, -0.15) is 5.10 Å². The molecule has 1 heterocycles. The van der Waals surface area contributed by atoms with Crippen molar-refractivity contribution in [2.24, 2.45) is 0 Å². The number of hydrogen-bond acceptors (Lipinski definition) is 2. The molecule has 1 N–H and O–H groups in total. The average Bonchev–Trinajstić information content (AvgIpc) is 2.19. The SMILES string of the molecule is O=c1cc(-c2ccc(F)cc2)cn[nH]1. The maximum absolute atomic E-state index is 12.6. The second kappa shape index (κ2) is 3.41. The zero-order valence-electron chi connectivity index (χ0n) is 7.20. The van der Waals surface area contributed by atoms with Gasteiger partial charge in [0.2, 0.25) is 0 Å². The summed E-state index contributed by atoms with van der Waals surface area (Å²) in [6, 6.07) is 7.31. The Kier molecular flexibility index (Phi) is 2.10. The third-order valence-electron chi connectivity index (χ3n) is 1.84. The van der Waals surface area contributed by atoms with E-state index in [0.717, 1.165) is 5.56 Å². The van der Waals surface area contributed by atoms with Crippen LogP contribution in [-0.2, 0) is 0 Å². The molecule has 0 aliphatic heterocycles. The van der Waals surface area contributed by atoms with E-state index < -0.39 is 0 Å². The van der Waals surface area contributed by atoms with E-state index in [4.69, 9.17) is 0 Å². The van der Waals surface area contributed by atoms with E-state index >= 15 is 0 Å². The Balaban J connectivity index is 2.50. The normalized spacial score (nSPS) is 10.1.